The third-order valence-electron chi connectivity index (χ3n) is 8.88. The molecule has 0 spiro atoms. The maximum atomic E-state index is 13.2. The lowest BCUT2D eigenvalue weighted by Crippen LogP contribution is -2.32. The van der Waals surface area contributed by atoms with E-state index in [1.54, 1.807) is 41.4 Å². The number of halogens is 1. The highest BCUT2D eigenvalue weighted by Crippen LogP contribution is 2.35. The number of nitrogens with zero attached hydrogens (tertiary/aromatic N) is 6. The Morgan fingerprint density at radius 1 is 0.920 bits per heavy atom. The number of benzene rings is 3. The smallest absolute Gasteiger partial charge is 0.338 e. The van der Waals surface area contributed by atoms with Crippen molar-refractivity contribution in [1.82, 2.24) is 29.1 Å². The van der Waals surface area contributed by atoms with Crippen LogP contribution in [-0.4, -0.2) is 59.8 Å². The third kappa shape index (κ3) is 7.01. The van der Waals surface area contributed by atoms with E-state index >= 15 is 0 Å². The van der Waals surface area contributed by atoms with Crippen molar-refractivity contribution in [3.8, 4) is 5.82 Å². The minimum Gasteiger partial charge on any atom is -0.459 e. The summed E-state index contributed by atoms with van der Waals surface area (Å²) < 4.78 is 21.7. The van der Waals surface area contributed by atoms with Gasteiger partial charge in [-0.2, -0.15) is 9.97 Å². The van der Waals surface area contributed by atoms with Crippen molar-refractivity contribution in [2.75, 3.05) is 6.61 Å². The number of rotatable bonds is 10. The predicted molar refractivity (Wildman–Crippen MR) is 186 cm³/mol. The average molecular weight is 691 g/mol. The van der Waals surface area contributed by atoms with Crippen LogP contribution in [0, 0.1) is 13.8 Å². The van der Waals surface area contributed by atoms with Gasteiger partial charge in [0.25, 0.3) is 0 Å². The first-order valence-electron chi connectivity index (χ1n) is 16.4. The molecule has 4 atom stereocenters. The first-order valence-corrected chi connectivity index (χ1v) is 16.8. The van der Waals surface area contributed by atoms with Crippen molar-refractivity contribution in [3.05, 3.63) is 137 Å². The molecule has 3 aromatic heterocycles. The number of aryl methyl sites for hydroxylation is 2. The Labute approximate surface area is 293 Å². The number of carbonyl (C=O) groups is 2. The second kappa shape index (κ2) is 14.2. The van der Waals surface area contributed by atoms with Crippen molar-refractivity contribution in [3.63, 3.8) is 0 Å². The molecule has 0 amide bonds. The van der Waals surface area contributed by atoms with Crippen LogP contribution in [0.15, 0.2) is 97.6 Å². The molecule has 6 aromatic rings. The molecule has 7 rings (SSSR count). The summed E-state index contributed by atoms with van der Waals surface area (Å²) in [5.41, 5.74) is 4.99. The van der Waals surface area contributed by atoms with Gasteiger partial charge in [-0.05, 0) is 61.2 Å². The Balaban J connectivity index is 1.16. The number of imidazole rings is 2. The van der Waals surface area contributed by atoms with Gasteiger partial charge in [0.1, 0.15) is 30.9 Å². The molecule has 11 nitrogen and oxygen atoms in total. The second-order valence-corrected chi connectivity index (χ2v) is 12.8. The van der Waals surface area contributed by atoms with Crippen molar-refractivity contribution in [1.29, 1.82) is 0 Å². The van der Waals surface area contributed by atoms with E-state index in [0.717, 1.165) is 17.0 Å². The Kier molecular flexibility index (Phi) is 9.42. The minimum atomic E-state index is -0.766. The molecule has 1 unspecified atom stereocenters. The van der Waals surface area contributed by atoms with E-state index in [0.29, 0.717) is 34.5 Å². The van der Waals surface area contributed by atoms with Crippen molar-refractivity contribution in [2.45, 2.75) is 58.0 Å². The molecule has 1 aliphatic rings. The summed E-state index contributed by atoms with van der Waals surface area (Å²) in [4.78, 5) is 44.5. The predicted octanol–water partition coefficient (Wildman–Crippen LogP) is 7.00. The molecule has 50 heavy (non-hydrogen) atoms. The SMILES string of the molecule is Cc1ccc(C(=O)OC[C@H]2O[C@@H](n3cnc4c(-n5ccnc5CC(C)c5ccccc5)nc(Cl)nc43)C[C@@H]2OC(=O)c2ccc(C)cc2)cc1. The topological polar surface area (TPSA) is 123 Å². The molecule has 0 saturated carbocycles. The van der Waals surface area contributed by atoms with E-state index in [2.05, 4.69) is 39.0 Å². The third-order valence-corrected chi connectivity index (χ3v) is 9.05. The molecule has 12 heteroatoms. The van der Waals surface area contributed by atoms with Crippen LogP contribution in [0.1, 0.15) is 68.7 Å². The minimum absolute atomic E-state index is 0.0222. The van der Waals surface area contributed by atoms with Crippen LogP contribution in [-0.2, 0) is 20.6 Å². The summed E-state index contributed by atoms with van der Waals surface area (Å²) in [5.74, 6) is 0.467. The van der Waals surface area contributed by atoms with Gasteiger partial charge in [0, 0.05) is 25.2 Å². The first kappa shape index (κ1) is 33.1. The molecule has 4 heterocycles. The summed E-state index contributed by atoms with van der Waals surface area (Å²) in [6.45, 7) is 5.90. The van der Waals surface area contributed by atoms with Gasteiger partial charge in [0.2, 0.25) is 5.28 Å². The summed E-state index contributed by atoms with van der Waals surface area (Å²) in [6.07, 6.45) is 3.88. The molecule has 0 radical (unpaired) electrons. The second-order valence-electron chi connectivity index (χ2n) is 12.5. The molecule has 254 valence electrons. The molecular weight excluding hydrogens is 656 g/mol. The van der Waals surface area contributed by atoms with E-state index in [4.69, 9.17) is 25.8 Å². The molecule has 0 aliphatic carbocycles. The van der Waals surface area contributed by atoms with Gasteiger partial charge in [-0.1, -0.05) is 72.6 Å². The number of hydrogen-bond donors (Lipinski definition) is 0. The quantitative estimate of drug-likeness (QED) is 0.110. The molecule has 0 N–H and O–H groups in total. The Hall–Kier alpha value is -5.39. The monoisotopic (exact) mass is 690 g/mol. The fourth-order valence-corrected chi connectivity index (χ4v) is 6.24. The van der Waals surface area contributed by atoms with Crippen LogP contribution in [0.5, 0.6) is 0 Å². The lowest BCUT2D eigenvalue weighted by Gasteiger charge is -2.19. The lowest BCUT2D eigenvalue weighted by atomic mass is 9.97. The number of aromatic nitrogens is 6. The molecule has 1 fully saturated rings. The van der Waals surface area contributed by atoms with Gasteiger partial charge in [0.15, 0.2) is 17.0 Å². The van der Waals surface area contributed by atoms with Gasteiger partial charge < -0.3 is 14.2 Å². The highest BCUT2D eigenvalue weighted by Gasteiger charge is 2.41. The zero-order valence-electron chi connectivity index (χ0n) is 27.8. The van der Waals surface area contributed by atoms with Crippen LogP contribution in [0.25, 0.3) is 17.0 Å². The Bertz CT molecular complexity index is 2130. The van der Waals surface area contributed by atoms with Crippen molar-refractivity contribution in [2.24, 2.45) is 0 Å². The molecule has 1 saturated heterocycles. The van der Waals surface area contributed by atoms with Crippen molar-refractivity contribution >= 4 is 34.7 Å². The van der Waals surface area contributed by atoms with Gasteiger partial charge in [-0.15, -0.1) is 0 Å². The van der Waals surface area contributed by atoms with Crippen LogP contribution < -0.4 is 0 Å². The maximum absolute atomic E-state index is 13.2. The first-order chi connectivity index (χ1) is 24.2. The number of esters is 2. The number of fused-ring (bicyclic) bond motifs is 1. The van der Waals surface area contributed by atoms with Crippen LogP contribution >= 0.6 is 11.6 Å². The summed E-state index contributed by atoms with van der Waals surface area (Å²) >= 11 is 6.52. The molecule has 3 aromatic carbocycles. The number of ether oxygens (including phenoxy) is 3. The largest absolute Gasteiger partial charge is 0.459 e. The van der Waals surface area contributed by atoms with Gasteiger partial charge in [-0.25, -0.2) is 19.6 Å². The summed E-state index contributed by atoms with van der Waals surface area (Å²) in [7, 11) is 0. The highest BCUT2D eigenvalue weighted by atomic mass is 35.5. The normalized spacial score (nSPS) is 17.9. The van der Waals surface area contributed by atoms with E-state index in [-0.39, 0.29) is 24.2 Å². The Morgan fingerprint density at radius 3 is 2.30 bits per heavy atom. The lowest BCUT2D eigenvalue weighted by molar-refractivity contribution is -0.0563. The van der Waals surface area contributed by atoms with Crippen LogP contribution in [0.4, 0.5) is 0 Å². The molecule has 1 aliphatic heterocycles. The van der Waals surface area contributed by atoms with Gasteiger partial charge >= 0.3 is 11.9 Å². The van der Waals surface area contributed by atoms with Gasteiger partial charge in [-0.3, -0.25) is 9.13 Å². The number of carbonyl (C=O) groups excluding carboxylic acids is 2. The van der Waals surface area contributed by atoms with Crippen LogP contribution in [0.3, 0.4) is 0 Å². The van der Waals surface area contributed by atoms with Gasteiger partial charge in [0.05, 0.1) is 17.5 Å². The standard InChI is InChI=1S/C38H35ClN6O5/c1-23-9-13-27(14-10-23)36(46)48-21-30-29(50-37(47)28-15-11-24(2)12-16-28)20-32(49-30)45-22-41-33-34(42-38(39)43-35(33)45)44-18-17-40-31(44)19-25(3)26-7-5-4-6-8-26/h4-18,22,25,29-30,32H,19-21H2,1-3H3/t25?,29-,30+,32+/m0/s1. The fraction of sp³-hybridized carbons (Fsp3) is 0.263. The zero-order valence-corrected chi connectivity index (χ0v) is 28.5. The fourth-order valence-electron chi connectivity index (χ4n) is 6.08. The maximum Gasteiger partial charge on any atom is 0.338 e. The summed E-state index contributed by atoms with van der Waals surface area (Å²) in [5, 5.41) is 0.0222. The molecular formula is C38H35ClN6O5. The van der Waals surface area contributed by atoms with Crippen molar-refractivity contribution < 1.29 is 23.8 Å². The molecule has 0 bridgehead atoms. The number of hydrogen-bond acceptors (Lipinski definition) is 9. The Morgan fingerprint density at radius 2 is 1.60 bits per heavy atom. The van der Waals surface area contributed by atoms with E-state index < -0.39 is 30.4 Å². The zero-order chi connectivity index (χ0) is 34.8. The summed E-state index contributed by atoms with van der Waals surface area (Å²) in [6, 6.07) is 24.5. The average Bonchev–Trinajstić information content (AvgIpc) is 3.86. The van der Waals surface area contributed by atoms with Crippen LogP contribution in [0.2, 0.25) is 5.28 Å². The highest BCUT2D eigenvalue weighted by molar-refractivity contribution is 6.28. The van der Waals surface area contributed by atoms with E-state index in [1.165, 1.54) is 5.56 Å². The van der Waals surface area contributed by atoms with E-state index in [1.807, 2.05) is 67.1 Å². The van der Waals surface area contributed by atoms with E-state index in [9.17, 15) is 9.59 Å².